The van der Waals surface area contributed by atoms with Gasteiger partial charge in [0.25, 0.3) is 5.91 Å². The molecule has 0 fully saturated rings. The number of primary amides is 1. The number of nitrogens with two attached hydrogens (primary N) is 1. The van der Waals surface area contributed by atoms with Gasteiger partial charge in [0, 0.05) is 10.9 Å². The number of amides is 1. The van der Waals surface area contributed by atoms with E-state index in [2.05, 4.69) is 20.9 Å². The number of carbonyl (C=O) groups is 1. The van der Waals surface area contributed by atoms with Crippen molar-refractivity contribution in [2.75, 3.05) is 0 Å². The van der Waals surface area contributed by atoms with Crippen molar-refractivity contribution in [3.8, 4) is 0 Å². The van der Waals surface area contributed by atoms with Gasteiger partial charge in [0.2, 0.25) is 0 Å². The van der Waals surface area contributed by atoms with Crippen molar-refractivity contribution in [1.82, 2.24) is 4.98 Å². The van der Waals surface area contributed by atoms with Gasteiger partial charge in [-0.15, -0.1) is 0 Å². The van der Waals surface area contributed by atoms with Crippen LogP contribution in [0, 0.1) is 0 Å². The number of ether oxygens (including phenoxy) is 1. The zero-order valence-corrected chi connectivity index (χ0v) is 16.8. The second-order valence-electron chi connectivity index (χ2n) is 6.06. The molecule has 1 amide bonds. The fraction of sp³-hybridized carbons (Fsp3) is 0.143. The van der Waals surface area contributed by atoms with Gasteiger partial charge in [-0.1, -0.05) is 70.0 Å². The SMILES string of the molecule is NC(=O)c1ccc(C(Cc2cccc(Br)c2)OCc2ccccc2)nc1Cl. The molecule has 0 aliphatic heterocycles. The number of rotatable bonds is 7. The van der Waals surface area contributed by atoms with Crippen LogP contribution in [0.1, 0.15) is 33.3 Å². The van der Waals surface area contributed by atoms with Crippen LogP contribution in [0.25, 0.3) is 0 Å². The van der Waals surface area contributed by atoms with E-state index in [0.717, 1.165) is 15.6 Å². The highest BCUT2D eigenvalue weighted by atomic mass is 79.9. The summed E-state index contributed by atoms with van der Waals surface area (Å²) < 4.78 is 7.16. The van der Waals surface area contributed by atoms with Gasteiger partial charge >= 0.3 is 0 Å². The second-order valence-corrected chi connectivity index (χ2v) is 7.33. The molecule has 2 aromatic carbocycles. The number of nitrogens with zero attached hydrogens (tertiary/aromatic N) is 1. The number of hydrogen-bond acceptors (Lipinski definition) is 3. The van der Waals surface area contributed by atoms with E-state index in [0.29, 0.717) is 18.7 Å². The van der Waals surface area contributed by atoms with Gasteiger partial charge in [-0.05, 0) is 35.4 Å². The van der Waals surface area contributed by atoms with E-state index in [9.17, 15) is 4.79 Å². The minimum absolute atomic E-state index is 0.0857. The van der Waals surface area contributed by atoms with Crippen LogP contribution in [0.4, 0.5) is 0 Å². The fourth-order valence-electron chi connectivity index (χ4n) is 2.71. The van der Waals surface area contributed by atoms with Gasteiger partial charge in [0.1, 0.15) is 11.3 Å². The van der Waals surface area contributed by atoms with Crippen LogP contribution in [0.3, 0.4) is 0 Å². The standard InChI is InChI=1S/C21H18BrClN2O2/c22-16-8-4-7-15(11-16)12-19(27-13-14-5-2-1-3-6-14)18-10-9-17(21(24)26)20(23)25-18/h1-11,19H,12-13H2,(H2,24,26). The van der Waals surface area contributed by atoms with Crippen molar-refractivity contribution in [2.24, 2.45) is 5.73 Å². The lowest BCUT2D eigenvalue weighted by Crippen LogP contribution is -2.15. The van der Waals surface area contributed by atoms with E-state index in [4.69, 9.17) is 22.1 Å². The van der Waals surface area contributed by atoms with Crippen LogP contribution in [-0.4, -0.2) is 10.9 Å². The summed E-state index contributed by atoms with van der Waals surface area (Å²) in [6, 6.07) is 21.3. The summed E-state index contributed by atoms with van der Waals surface area (Å²) >= 11 is 9.63. The molecule has 0 saturated heterocycles. The van der Waals surface area contributed by atoms with Crippen LogP contribution in [0.2, 0.25) is 5.15 Å². The topological polar surface area (TPSA) is 65.2 Å². The maximum Gasteiger partial charge on any atom is 0.251 e. The van der Waals surface area contributed by atoms with Crippen LogP contribution in [0.5, 0.6) is 0 Å². The number of aromatic nitrogens is 1. The lowest BCUT2D eigenvalue weighted by atomic mass is 10.0. The average molecular weight is 446 g/mol. The number of hydrogen-bond donors (Lipinski definition) is 1. The summed E-state index contributed by atoms with van der Waals surface area (Å²) in [6.45, 7) is 0.441. The fourth-order valence-corrected chi connectivity index (χ4v) is 3.41. The molecule has 1 aromatic heterocycles. The third-order valence-corrected chi connectivity index (χ3v) is 4.85. The predicted molar refractivity (Wildman–Crippen MR) is 110 cm³/mol. The molecule has 1 atom stereocenters. The Bertz CT molecular complexity index is 934. The molecule has 0 bridgehead atoms. The van der Waals surface area contributed by atoms with Crippen molar-refractivity contribution in [1.29, 1.82) is 0 Å². The van der Waals surface area contributed by atoms with E-state index < -0.39 is 5.91 Å². The number of halogens is 2. The molecule has 4 nitrogen and oxygen atoms in total. The first-order chi connectivity index (χ1) is 13.0. The third kappa shape index (κ3) is 5.39. The largest absolute Gasteiger partial charge is 0.367 e. The first kappa shape index (κ1) is 19.5. The van der Waals surface area contributed by atoms with Gasteiger partial charge in [0.05, 0.1) is 17.9 Å². The second kappa shape index (κ2) is 9.13. The van der Waals surface area contributed by atoms with Crippen molar-refractivity contribution in [3.63, 3.8) is 0 Å². The summed E-state index contributed by atoms with van der Waals surface area (Å²) in [5.74, 6) is -0.604. The van der Waals surface area contributed by atoms with Crippen LogP contribution in [0.15, 0.2) is 71.2 Å². The van der Waals surface area contributed by atoms with Crippen molar-refractivity contribution >= 4 is 33.4 Å². The van der Waals surface area contributed by atoms with E-state index in [1.54, 1.807) is 12.1 Å². The number of pyridine rings is 1. The molecule has 6 heteroatoms. The molecule has 3 rings (SSSR count). The predicted octanol–water partition coefficient (Wildman–Crippen LogP) is 5.10. The number of benzene rings is 2. The summed E-state index contributed by atoms with van der Waals surface area (Å²) in [5.41, 5.74) is 8.33. The Labute approximate surface area is 171 Å². The molecule has 0 aliphatic carbocycles. The summed E-state index contributed by atoms with van der Waals surface area (Å²) in [4.78, 5) is 15.8. The molecule has 0 aliphatic rings. The molecular formula is C21H18BrClN2O2. The van der Waals surface area contributed by atoms with E-state index >= 15 is 0 Å². The summed E-state index contributed by atoms with van der Waals surface area (Å²) in [5, 5.41) is 0.0857. The highest BCUT2D eigenvalue weighted by Crippen LogP contribution is 2.26. The van der Waals surface area contributed by atoms with Crippen LogP contribution in [-0.2, 0) is 17.8 Å². The van der Waals surface area contributed by atoms with Gasteiger partial charge < -0.3 is 10.5 Å². The van der Waals surface area contributed by atoms with E-state index in [1.165, 1.54) is 0 Å². The maximum atomic E-state index is 11.4. The molecule has 138 valence electrons. The lowest BCUT2D eigenvalue weighted by molar-refractivity contribution is 0.0371. The number of carbonyl (C=O) groups excluding carboxylic acids is 1. The molecule has 27 heavy (non-hydrogen) atoms. The molecule has 1 unspecified atom stereocenters. The molecule has 3 aromatic rings. The Hall–Kier alpha value is -2.21. The van der Waals surface area contributed by atoms with Gasteiger partial charge in [-0.2, -0.15) is 0 Å². The zero-order chi connectivity index (χ0) is 19.2. The molecule has 0 saturated carbocycles. The molecule has 2 N–H and O–H groups in total. The first-order valence-electron chi connectivity index (χ1n) is 8.39. The summed E-state index contributed by atoms with van der Waals surface area (Å²) in [7, 11) is 0. The quantitative estimate of drug-likeness (QED) is 0.515. The van der Waals surface area contributed by atoms with Crippen LogP contribution < -0.4 is 5.73 Å². The smallest absolute Gasteiger partial charge is 0.251 e. The van der Waals surface area contributed by atoms with E-state index in [1.807, 2.05) is 54.6 Å². The van der Waals surface area contributed by atoms with Gasteiger partial charge in [-0.25, -0.2) is 4.98 Å². The monoisotopic (exact) mass is 444 g/mol. The van der Waals surface area contributed by atoms with Gasteiger partial charge in [0.15, 0.2) is 0 Å². The highest BCUT2D eigenvalue weighted by Gasteiger charge is 2.18. The lowest BCUT2D eigenvalue weighted by Gasteiger charge is -2.19. The Kier molecular flexibility index (Phi) is 6.61. The minimum Gasteiger partial charge on any atom is -0.367 e. The van der Waals surface area contributed by atoms with Crippen molar-refractivity contribution in [2.45, 2.75) is 19.1 Å². The van der Waals surface area contributed by atoms with E-state index in [-0.39, 0.29) is 16.8 Å². The Balaban J connectivity index is 1.86. The van der Waals surface area contributed by atoms with Crippen molar-refractivity contribution < 1.29 is 9.53 Å². The molecule has 1 heterocycles. The minimum atomic E-state index is -0.604. The average Bonchev–Trinajstić information content (AvgIpc) is 2.65. The summed E-state index contributed by atoms with van der Waals surface area (Å²) in [6.07, 6.45) is 0.296. The Morgan fingerprint density at radius 1 is 1.07 bits per heavy atom. The van der Waals surface area contributed by atoms with Crippen LogP contribution >= 0.6 is 27.5 Å². The molecular weight excluding hydrogens is 428 g/mol. The first-order valence-corrected chi connectivity index (χ1v) is 9.56. The zero-order valence-electron chi connectivity index (χ0n) is 14.4. The molecule has 0 radical (unpaired) electrons. The molecule has 0 spiro atoms. The van der Waals surface area contributed by atoms with Gasteiger partial charge in [-0.3, -0.25) is 4.79 Å². The third-order valence-electron chi connectivity index (χ3n) is 4.07. The Morgan fingerprint density at radius 2 is 1.81 bits per heavy atom. The normalized spacial score (nSPS) is 11.9. The maximum absolute atomic E-state index is 11.4. The Morgan fingerprint density at radius 3 is 2.48 bits per heavy atom. The van der Waals surface area contributed by atoms with Crippen molar-refractivity contribution in [3.05, 3.63) is 98.7 Å². The highest BCUT2D eigenvalue weighted by molar-refractivity contribution is 9.10.